The van der Waals surface area contributed by atoms with Gasteiger partial charge in [0, 0.05) is 5.70 Å². The molecule has 0 bridgehead atoms. The van der Waals surface area contributed by atoms with Gasteiger partial charge >= 0.3 is 0 Å². The zero-order chi connectivity index (χ0) is 7.40. The Hall–Kier alpha value is -0.980. The molecule has 2 N–H and O–H groups in total. The predicted octanol–water partition coefficient (Wildman–Crippen LogP) is 2.13. The van der Waals surface area contributed by atoms with E-state index >= 15 is 0 Å². The Morgan fingerprint density at radius 2 is 2.30 bits per heavy atom. The average molecular weight is 135 g/mol. The van der Waals surface area contributed by atoms with Gasteiger partial charge in [-0.3, -0.25) is 0 Å². The zero-order valence-corrected chi connectivity index (χ0v) is 6.30. The van der Waals surface area contributed by atoms with Gasteiger partial charge in [-0.05, 0) is 25.0 Å². The molecule has 1 aliphatic rings. The summed E-state index contributed by atoms with van der Waals surface area (Å²) in [6.45, 7) is 2.16. The first-order chi connectivity index (χ1) is 4.83. The second kappa shape index (κ2) is 3.25. The summed E-state index contributed by atoms with van der Waals surface area (Å²) in [5.74, 6) is 0. The first-order valence-electron chi connectivity index (χ1n) is 3.64. The van der Waals surface area contributed by atoms with Gasteiger partial charge in [-0.25, -0.2) is 0 Å². The lowest BCUT2D eigenvalue weighted by Crippen LogP contribution is -1.89. The third-order valence-electron chi connectivity index (χ3n) is 1.66. The molecule has 0 aromatic rings. The van der Waals surface area contributed by atoms with E-state index in [4.69, 9.17) is 5.73 Å². The lowest BCUT2D eigenvalue weighted by atomic mass is 10.1. The van der Waals surface area contributed by atoms with Crippen LogP contribution in [-0.2, 0) is 0 Å². The Morgan fingerprint density at radius 3 is 3.00 bits per heavy atom. The van der Waals surface area contributed by atoms with Gasteiger partial charge in [0.15, 0.2) is 0 Å². The molecule has 0 atom stereocenters. The second-order valence-corrected chi connectivity index (χ2v) is 2.45. The maximum atomic E-state index is 5.58. The lowest BCUT2D eigenvalue weighted by Gasteiger charge is -1.94. The van der Waals surface area contributed by atoms with Crippen LogP contribution < -0.4 is 5.73 Å². The molecule has 0 spiro atoms. The monoisotopic (exact) mass is 135 g/mol. The highest BCUT2D eigenvalue weighted by Crippen LogP contribution is 2.11. The number of nitrogens with two attached hydrogens (primary N) is 1. The van der Waals surface area contributed by atoms with Gasteiger partial charge in [-0.2, -0.15) is 0 Å². The molecule has 0 amide bonds. The van der Waals surface area contributed by atoms with Gasteiger partial charge in [0.05, 0.1) is 0 Å². The minimum atomic E-state index is 0.850. The van der Waals surface area contributed by atoms with Crippen molar-refractivity contribution in [2.45, 2.75) is 19.8 Å². The lowest BCUT2D eigenvalue weighted by molar-refractivity contribution is 1.03. The smallest absolute Gasteiger partial charge is 0.0310 e. The van der Waals surface area contributed by atoms with E-state index in [-0.39, 0.29) is 0 Å². The number of hydrogen-bond acceptors (Lipinski definition) is 1. The Morgan fingerprint density at radius 1 is 1.50 bits per heavy atom. The highest BCUT2D eigenvalue weighted by Gasteiger charge is 1.92. The fraction of sp³-hybridized carbons (Fsp3) is 0.333. The summed E-state index contributed by atoms with van der Waals surface area (Å²) in [4.78, 5) is 0. The molecule has 1 aliphatic carbocycles. The number of allylic oxidation sites excluding steroid dienone is 5. The molecule has 0 saturated carbocycles. The molecule has 1 rings (SSSR count). The fourth-order valence-corrected chi connectivity index (χ4v) is 0.946. The van der Waals surface area contributed by atoms with E-state index in [1.165, 1.54) is 5.57 Å². The van der Waals surface area contributed by atoms with Gasteiger partial charge in [0.1, 0.15) is 0 Å². The molecule has 0 radical (unpaired) electrons. The van der Waals surface area contributed by atoms with Crippen molar-refractivity contribution in [1.82, 2.24) is 0 Å². The summed E-state index contributed by atoms with van der Waals surface area (Å²) >= 11 is 0. The highest BCUT2D eigenvalue weighted by molar-refractivity contribution is 5.28. The molecule has 10 heavy (non-hydrogen) atoms. The van der Waals surface area contributed by atoms with Crippen LogP contribution in [0.25, 0.3) is 0 Å². The van der Waals surface area contributed by atoms with Crippen LogP contribution in [0, 0.1) is 0 Å². The molecule has 1 heteroatoms. The van der Waals surface area contributed by atoms with E-state index in [0.29, 0.717) is 0 Å². The Bertz CT molecular complexity index is 197. The molecule has 0 saturated heterocycles. The molecule has 0 heterocycles. The van der Waals surface area contributed by atoms with E-state index < -0.39 is 0 Å². The number of rotatable bonds is 1. The van der Waals surface area contributed by atoms with Gasteiger partial charge in [0.2, 0.25) is 0 Å². The first kappa shape index (κ1) is 7.13. The van der Waals surface area contributed by atoms with Crippen molar-refractivity contribution < 1.29 is 0 Å². The van der Waals surface area contributed by atoms with Crippen LogP contribution in [0.15, 0.2) is 35.6 Å². The average Bonchev–Trinajstić information content (AvgIpc) is 2.14. The molecule has 0 aliphatic heterocycles. The molecule has 0 aromatic carbocycles. The topological polar surface area (TPSA) is 26.0 Å². The largest absolute Gasteiger partial charge is 0.399 e. The predicted molar refractivity (Wildman–Crippen MR) is 44.4 cm³/mol. The highest BCUT2D eigenvalue weighted by atomic mass is 14.5. The van der Waals surface area contributed by atoms with Gasteiger partial charge in [-0.15, -0.1) is 0 Å². The summed E-state index contributed by atoms with van der Waals surface area (Å²) in [5.41, 5.74) is 7.87. The molecular weight excluding hydrogens is 122 g/mol. The minimum absolute atomic E-state index is 0.850. The molecule has 0 unspecified atom stereocenters. The van der Waals surface area contributed by atoms with E-state index in [0.717, 1.165) is 18.5 Å². The van der Waals surface area contributed by atoms with E-state index in [9.17, 15) is 0 Å². The van der Waals surface area contributed by atoms with Crippen LogP contribution in [-0.4, -0.2) is 0 Å². The van der Waals surface area contributed by atoms with Crippen molar-refractivity contribution in [3.05, 3.63) is 35.6 Å². The van der Waals surface area contributed by atoms with Crippen LogP contribution in [0.1, 0.15) is 19.8 Å². The Kier molecular flexibility index (Phi) is 2.32. The first-order valence-corrected chi connectivity index (χ1v) is 3.64. The quantitative estimate of drug-likeness (QED) is 0.585. The van der Waals surface area contributed by atoms with Crippen LogP contribution in [0.3, 0.4) is 0 Å². The minimum Gasteiger partial charge on any atom is -0.399 e. The van der Waals surface area contributed by atoms with Gasteiger partial charge in [-0.1, -0.05) is 24.6 Å². The second-order valence-electron chi connectivity index (χ2n) is 2.45. The van der Waals surface area contributed by atoms with Crippen molar-refractivity contribution in [2.24, 2.45) is 5.73 Å². The SMILES string of the molecule is CCC1=CC=C(N)C=CC1. The Balaban J connectivity index is 2.74. The number of hydrogen-bond donors (Lipinski definition) is 1. The summed E-state index contributed by atoms with van der Waals surface area (Å²) in [5, 5.41) is 0. The normalized spacial score (nSPS) is 17.7. The third kappa shape index (κ3) is 1.76. The van der Waals surface area contributed by atoms with E-state index in [2.05, 4.69) is 19.1 Å². The van der Waals surface area contributed by atoms with Crippen LogP contribution in [0.4, 0.5) is 0 Å². The standard InChI is InChI=1S/C9H13N/c1-2-8-4-3-5-9(10)7-6-8/h3,5-7H,2,4,10H2,1H3. The summed E-state index contributed by atoms with van der Waals surface area (Å²) in [6, 6.07) is 0. The van der Waals surface area contributed by atoms with Crippen molar-refractivity contribution >= 4 is 0 Å². The van der Waals surface area contributed by atoms with Crippen molar-refractivity contribution in [3.8, 4) is 0 Å². The molecule has 0 aromatic heterocycles. The van der Waals surface area contributed by atoms with Crippen molar-refractivity contribution in [2.75, 3.05) is 0 Å². The van der Waals surface area contributed by atoms with Crippen LogP contribution in [0.5, 0.6) is 0 Å². The molecule has 54 valence electrons. The summed E-state index contributed by atoms with van der Waals surface area (Å²) in [6.07, 6.45) is 10.3. The third-order valence-corrected chi connectivity index (χ3v) is 1.66. The maximum absolute atomic E-state index is 5.58. The summed E-state index contributed by atoms with van der Waals surface area (Å²) < 4.78 is 0. The summed E-state index contributed by atoms with van der Waals surface area (Å²) in [7, 11) is 0. The fourth-order valence-electron chi connectivity index (χ4n) is 0.946. The molecular formula is C9H13N. The van der Waals surface area contributed by atoms with Gasteiger partial charge in [0.25, 0.3) is 0 Å². The van der Waals surface area contributed by atoms with Gasteiger partial charge < -0.3 is 5.73 Å². The van der Waals surface area contributed by atoms with E-state index in [1.54, 1.807) is 0 Å². The van der Waals surface area contributed by atoms with Crippen molar-refractivity contribution in [3.63, 3.8) is 0 Å². The van der Waals surface area contributed by atoms with Crippen molar-refractivity contribution in [1.29, 1.82) is 0 Å². The Labute approximate surface area is 61.9 Å². The zero-order valence-electron chi connectivity index (χ0n) is 6.30. The molecule has 0 fully saturated rings. The maximum Gasteiger partial charge on any atom is 0.0310 e. The van der Waals surface area contributed by atoms with Crippen LogP contribution in [0.2, 0.25) is 0 Å². The molecule has 1 nitrogen and oxygen atoms in total. The van der Waals surface area contributed by atoms with E-state index in [1.807, 2.05) is 12.2 Å². The van der Waals surface area contributed by atoms with Crippen LogP contribution >= 0.6 is 0 Å².